The van der Waals surface area contributed by atoms with Crippen molar-refractivity contribution < 1.29 is 4.42 Å². The zero-order valence-electron chi connectivity index (χ0n) is 36.1. The van der Waals surface area contributed by atoms with E-state index in [1.807, 2.05) is 80.6 Å². The van der Waals surface area contributed by atoms with Crippen LogP contribution in [0.3, 0.4) is 0 Å². The fraction of sp³-hybridized carbons (Fsp3) is 0.111. The van der Waals surface area contributed by atoms with Gasteiger partial charge >= 0.3 is 0 Å². The molecular formula is C54H48BN5OS. The standard InChI is InChI=1S/C54H48BN5OS/c1-9-19-46-37(7)44(11-3)47(28-26-34(4)43(10-2)50-36(6)35(5)48(61-50)30-31-55-8)60(46)42-25-18-24-41(32-42)54-56-45-33-40(27-29-49(45)62-54)53-58-51(38-20-14-12-15-21-38)57-52(59-53)39-22-16-13-17-23-39/h9-33,55H,3-4H2,1-2,5-8H3/b19-9-,28-26-,31-30-,43-10-. The Balaban J connectivity index is 1.16. The van der Waals surface area contributed by atoms with Gasteiger partial charge in [0.15, 0.2) is 17.5 Å². The van der Waals surface area contributed by atoms with Crippen LogP contribution in [0.5, 0.6) is 0 Å². The summed E-state index contributed by atoms with van der Waals surface area (Å²) in [5, 5.41) is 0.922. The predicted molar refractivity (Wildman–Crippen MR) is 266 cm³/mol. The van der Waals surface area contributed by atoms with Crippen molar-refractivity contribution in [2.75, 3.05) is 0 Å². The van der Waals surface area contributed by atoms with Gasteiger partial charge in [0.2, 0.25) is 0 Å². The molecule has 0 N–H and O–H groups in total. The second-order valence-corrected chi connectivity index (χ2v) is 16.1. The number of furan rings is 1. The molecule has 0 fully saturated rings. The van der Waals surface area contributed by atoms with Gasteiger partial charge in [-0.3, -0.25) is 0 Å². The Hall–Kier alpha value is -7.16. The van der Waals surface area contributed by atoms with Crippen LogP contribution in [0.4, 0.5) is 0 Å². The summed E-state index contributed by atoms with van der Waals surface area (Å²) < 4.78 is 9.80. The van der Waals surface area contributed by atoms with Gasteiger partial charge in [-0.05, 0) is 105 Å². The maximum Gasteiger partial charge on any atom is 0.164 e. The van der Waals surface area contributed by atoms with Crippen LogP contribution in [0.25, 0.3) is 90.5 Å². The Morgan fingerprint density at radius 3 is 1.98 bits per heavy atom. The lowest BCUT2D eigenvalue weighted by molar-refractivity contribution is 0.540. The minimum atomic E-state index is 0.599. The maximum absolute atomic E-state index is 6.42. The smallest absolute Gasteiger partial charge is 0.164 e. The number of thiazole rings is 1. The number of allylic oxidation sites excluding steroid dienone is 5. The van der Waals surface area contributed by atoms with E-state index in [1.165, 1.54) is 0 Å². The van der Waals surface area contributed by atoms with E-state index in [9.17, 15) is 0 Å². The highest BCUT2D eigenvalue weighted by atomic mass is 32.1. The first-order valence-electron chi connectivity index (χ1n) is 20.9. The molecule has 0 spiro atoms. The Labute approximate surface area is 369 Å². The molecule has 0 atom stereocenters. The number of rotatable bonds is 13. The van der Waals surface area contributed by atoms with E-state index < -0.39 is 0 Å². The zero-order valence-corrected chi connectivity index (χ0v) is 36.9. The van der Waals surface area contributed by atoms with E-state index in [0.29, 0.717) is 17.5 Å². The summed E-state index contributed by atoms with van der Waals surface area (Å²) in [5.74, 6) is 5.70. The molecule has 0 saturated heterocycles. The summed E-state index contributed by atoms with van der Waals surface area (Å²) in [6, 6.07) is 34.9. The number of fused-ring (bicyclic) bond motifs is 1. The molecule has 0 saturated carbocycles. The summed E-state index contributed by atoms with van der Waals surface area (Å²) >= 11 is 1.67. The van der Waals surface area contributed by atoms with Gasteiger partial charge in [-0.25, -0.2) is 19.9 Å². The highest BCUT2D eigenvalue weighted by molar-refractivity contribution is 7.21. The van der Waals surface area contributed by atoms with E-state index in [2.05, 4.69) is 130 Å². The number of aromatic nitrogens is 5. The van der Waals surface area contributed by atoms with Crippen LogP contribution in [0.15, 0.2) is 150 Å². The normalized spacial score (nSPS) is 12.1. The number of hydrogen-bond donors (Lipinski definition) is 0. The number of benzene rings is 4. The minimum Gasteiger partial charge on any atom is -0.456 e. The molecule has 8 rings (SSSR count). The van der Waals surface area contributed by atoms with Gasteiger partial charge in [-0.2, -0.15) is 0 Å². The molecule has 4 aromatic carbocycles. The first kappa shape index (κ1) is 41.6. The molecule has 8 aromatic rings. The van der Waals surface area contributed by atoms with Gasteiger partial charge < -0.3 is 8.98 Å². The summed E-state index contributed by atoms with van der Waals surface area (Å²) in [6.07, 6.45) is 14.5. The van der Waals surface area contributed by atoms with Crippen LogP contribution in [0, 0.1) is 20.8 Å². The molecule has 8 heteroatoms. The molecule has 4 heterocycles. The molecule has 4 aromatic heterocycles. The van der Waals surface area contributed by atoms with E-state index in [-0.39, 0.29) is 0 Å². The van der Waals surface area contributed by atoms with Crippen molar-refractivity contribution in [3.8, 4) is 50.4 Å². The number of nitrogens with zero attached hydrogens (tertiary/aromatic N) is 5. The molecule has 62 heavy (non-hydrogen) atoms. The molecule has 0 amide bonds. The van der Waals surface area contributed by atoms with Gasteiger partial charge in [0.25, 0.3) is 0 Å². The third-order valence-electron chi connectivity index (χ3n) is 11.1. The molecule has 0 aliphatic carbocycles. The molecule has 0 unspecified atom stereocenters. The number of hydrogen-bond acceptors (Lipinski definition) is 6. The van der Waals surface area contributed by atoms with Crippen LogP contribution >= 0.6 is 11.3 Å². The van der Waals surface area contributed by atoms with Gasteiger partial charge in [0, 0.05) is 44.8 Å². The van der Waals surface area contributed by atoms with E-state index in [4.69, 9.17) is 24.4 Å². The van der Waals surface area contributed by atoms with Gasteiger partial charge in [-0.1, -0.05) is 117 Å². The van der Waals surface area contributed by atoms with Crippen molar-refractivity contribution in [1.29, 1.82) is 0 Å². The van der Waals surface area contributed by atoms with E-state index in [1.54, 1.807) is 11.3 Å². The quantitative estimate of drug-likeness (QED) is 0.0855. The van der Waals surface area contributed by atoms with Crippen molar-refractivity contribution >= 4 is 58.7 Å². The lowest BCUT2D eigenvalue weighted by Gasteiger charge is -2.13. The first-order valence-corrected chi connectivity index (χ1v) is 21.7. The van der Waals surface area contributed by atoms with E-state index in [0.717, 1.165) is 107 Å². The highest BCUT2D eigenvalue weighted by Crippen LogP contribution is 2.37. The summed E-state index contributed by atoms with van der Waals surface area (Å²) in [5.41, 5.74) is 14.0. The Morgan fingerprint density at radius 1 is 0.694 bits per heavy atom. The van der Waals surface area contributed by atoms with Crippen LogP contribution in [0.2, 0.25) is 6.82 Å². The molecule has 0 bridgehead atoms. The first-order chi connectivity index (χ1) is 30.2. The van der Waals surface area contributed by atoms with E-state index >= 15 is 0 Å². The topological polar surface area (TPSA) is 69.6 Å². The molecule has 0 aliphatic rings. The summed E-state index contributed by atoms with van der Waals surface area (Å²) in [6.45, 7) is 21.3. The van der Waals surface area contributed by atoms with Gasteiger partial charge in [-0.15, -0.1) is 17.3 Å². The SMILES string of the molecule is C=Cc1c(C)c(/C=C\C)n(-c2cccc(-c3nc4cc(-c5nc(-c6ccccc6)nc(-c6ccccc6)n5)ccc4s3)c2)c1/C=C\C(=C)/C(=C/C)c1oc(/C=C\BC)c(C)c1C. The van der Waals surface area contributed by atoms with Gasteiger partial charge in [0.1, 0.15) is 23.8 Å². The van der Waals surface area contributed by atoms with Crippen molar-refractivity contribution in [2.24, 2.45) is 0 Å². The summed E-state index contributed by atoms with van der Waals surface area (Å²) in [4.78, 5) is 20.0. The molecular weight excluding hydrogens is 778 g/mol. The van der Waals surface area contributed by atoms with Gasteiger partial charge in [0.05, 0.1) is 15.9 Å². The zero-order chi connectivity index (χ0) is 43.3. The van der Waals surface area contributed by atoms with Crippen LogP contribution in [-0.4, -0.2) is 31.8 Å². The average molecular weight is 826 g/mol. The summed E-state index contributed by atoms with van der Waals surface area (Å²) in [7, 11) is 0.945. The predicted octanol–water partition coefficient (Wildman–Crippen LogP) is 14.3. The molecule has 304 valence electrons. The third kappa shape index (κ3) is 8.17. The molecule has 6 nitrogen and oxygen atoms in total. The van der Waals surface area contributed by atoms with Crippen molar-refractivity contribution in [3.63, 3.8) is 0 Å². The minimum absolute atomic E-state index is 0.599. The second-order valence-electron chi connectivity index (χ2n) is 15.1. The Bertz CT molecular complexity index is 3030. The maximum atomic E-state index is 6.42. The largest absolute Gasteiger partial charge is 0.456 e. The molecule has 0 aliphatic heterocycles. The fourth-order valence-corrected chi connectivity index (χ4v) is 8.64. The third-order valence-corrected chi connectivity index (χ3v) is 12.2. The lowest BCUT2D eigenvalue weighted by Crippen LogP contribution is -2.00. The Morgan fingerprint density at radius 2 is 1.35 bits per heavy atom. The highest BCUT2D eigenvalue weighted by Gasteiger charge is 2.20. The van der Waals surface area contributed by atoms with Crippen molar-refractivity contribution in [1.82, 2.24) is 24.5 Å². The fourth-order valence-electron chi connectivity index (χ4n) is 7.70. The lowest BCUT2D eigenvalue weighted by atomic mass is 9.82. The van der Waals surface area contributed by atoms with Crippen LogP contribution in [0.1, 0.15) is 59.0 Å². The average Bonchev–Trinajstić information content (AvgIpc) is 3.95. The molecule has 0 radical (unpaired) electrons. The second kappa shape index (κ2) is 18.2. The van der Waals surface area contributed by atoms with Crippen molar-refractivity contribution in [3.05, 3.63) is 191 Å². The van der Waals surface area contributed by atoms with Crippen LogP contribution in [-0.2, 0) is 0 Å². The van der Waals surface area contributed by atoms with Crippen molar-refractivity contribution in [2.45, 2.75) is 41.4 Å². The monoisotopic (exact) mass is 825 g/mol. The Kier molecular flexibility index (Phi) is 12.2. The van der Waals surface area contributed by atoms with Crippen LogP contribution < -0.4 is 0 Å².